The van der Waals surface area contributed by atoms with Gasteiger partial charge in [0, 0.05) is 5.56 Å². The summed E-state index contributed by atoms with van der Waals surface area (Å²) in [7, 11) is 1.40. The highest BCUT2D eigenvalue weighted by atomic mass is 16.6. The number of ether oxygens (including phenoxy) is 1. The molecule has 0 aliphatic heterocycles. The van der Waals surface area contributed by atoms with Crippen LogP contribution in [0.25, 0.3) is 0 Å². The van der Waals surface area contributed by atoms with Crippen LogP contribution in [0.15, 0.2) is 48.5 Å². The van der Waals surface area contributed by atoms with Crippen LogP contribution < -0.4 is 10.2 Å². The number of hydrogen-bond acceptors (Lipinski definition) is 3. The molecule has 2 aromatic carbocycles. The number of benzene rings is 2. The van der Waals surface area contributed by atoms with Gasteiger partial charge in [-0.2, -0.15) is 0 Å². The van der Waals surface area contributed by atoms with E-state index in [0.29, 0.717) is 17.9 Å². The van der Waals surface area contributed by atoms with Crippen molar-refractivity contribution >= 4 is 5.91 Å². The quantitative estimate of drug-likeness (QED) is 0.851. The molecule has 4 nitrogen and oxygen atoms in total. The maximum Gasteiger partial charge on any atom is 0.274 e. The van der Waals surface area contributed by atoms with Crippen LogP contribution >= 0.6 is 0 Å². The van der Waals surface area contributed by atoms with E-state index in [-0.39, 0.29) is 5.91 Å². The Morgan fingerprint density at radius 3 is 2.70 bits per heavy atom. The van der Waals surface area contributed by atoms with Crippen molar-refractivity contribution < 1.29 is 14.4 Å². The molecule has 0 aliphatic rings. The molecule has 2 aromatic rings. The van der Waals surface area contributed by atoms with Gasteiger partial charge >= 0.3 is 0 Å². The highest BCUT2D eigenvalue weighted by Gasteiger charge is 2.06. The first-order valence-electron chi connectivity index (χ1n) is 6.31. The molecule has 0 saturated heterocycles. The molecule has 20 heavy (non-hydrogen) atoms. The number of hydrogen-bond donors (Lipinski definition) is 1. The van der Waals surface area contributed by atoms with Crippen molar-refractivity contribution in [3.8, 4) is 5.75 Å². The third-order valence-corrected chi connectivity index (χ3v) is 2.78. The van der Waals surface area contributed by atoms with Crippen LogP contribution in [-0.4, -0.2) is 13.0 Å². The van der Waals surface area contributed by atoms with Crippen molar-refractivity contribution in [2.75, 3.05) is 7.11 Å². The number of carbonyl (C=O) groups excluding carboxylic acids is 1. The zero-order valence-corrected chi connectivity index (χ0v) is 11.6. The molecule has 0 atom stereocenters. The number of aryl methyl sites for hydroxylation is 1. The third-order valence-electron chi connectivity index (χ3n) is 2.78. The van der Waals surface area contributed by atoms with E-state index in [9.17, 15) is 4.79 Å². The summed E-state index contributed by atoms with van der Waals surface area (Å²) in [6.45, 7) is 2.51. The molecule has 104 valence electrons. The molecule has 0 heterocycles. The maximum absolute atomic E-state index is 11.6. The Balaban J connectivity index is 2.03. The summed E-state index contributed by atoms with van der Waals surface area (Å²) in [6.07, 6.45) is 0. The van der Waals surface area contributed by atoms with Gasteiger partial charge < -0.3 is 4.74 Å². The fraction of sp³-hybridized carbons (Fsp3) is 0.188. The predicted octanol–water partition coefficient (Wildman–Crippen LogP) is 2.87. The second-order valence-electron chi connectivity index (χ2n) is 4.44. The lowest BCUT2D eigenvalue weighted by molar-refractivity contribution is 0.0537. The Hall–Kier alpha value is -2.33. The SMILES string of the molecule is CONC(=O)c1cccc(OCc2cccc(C)c2)c1. The Labute approximate surface area is 118 Å². The molecule has 1 N–H and O–H groups in total. The molecule has 4 heteroatoms. The predicted molar refractivity (Wildman–Crippen MR) is 76.4 cm³/mol. The molecule has 2 rings (SSSR count). The van der Waals surface area contributed by atoms with Gasteiger partial charge in [-0.1, -0.05) is 35.9 Å². The van der Waals surface area contributed by atoms with Crippen LogP contribution in [0.4, 0.5) is 0 Å². The molecule has 0 bridgehead atoms. The average Bonchev–Trinajstić information content (AvgIpc) is 2.46. The summed E-state index contributed by atoms with van der Waals surface area (Å²) in [5, 5.41) is 0. The number of carbonyl (C=O) groups is 1. The van der Waals surface area contributed by atoms with Crippen LogP contribution in [0.3, 0.4) is 0 Å². The fourth-order valence-corrected chi connectivity index (χ4v) is 1.85. The minimum Gasteiger partial charge on any atom is -0.489 e. The molecule has 0 saturated carbocycles. The summed E-state index contributed by atoms with van der Waals surface area (Å²) in [5.41, 5.74) is 5.06. The Morgan fingerprint density at radius 2 is 1.95 bits per heavy atom. The molecule has 1 amide bonds. The van der Waals surface area contributed by atoms with Gasteiger partial charge in [0.05, 0.1) is 7.11 Å². The third kappa shape index (κ3) is 3.83. The van der Waals surface area contributed by atoms with Crippen molar-refractivity contribution in [2.45, 2.75) is 13.5 Å². The van der Waals surface area contributed by atoms with E-state index in [1.807, 2.05) is 31.2 Å². The van der Waals surface area contributed by atoms with E-state index in [2.05, 4.69) is 16.4 Å². The highest BCUT2D eigenvalue weighted by Crippen LogP contribution is 2.15. The summed E-state index contributed by atoms with van der Waals surface area (Å²) < 4.78 is 5.70. The van der Waals surface area contributed by atoms with Crippen LogP contribution in [-0.2, 0) is 11.4 Å². The lowest BCUT2D eigenvalue weighted by atomic mass is 10.1. The van der Waals surface area contributed by atoms with Crippen molar-refractivity contribution in [1.82, 2.24) is 5.48 Å². The minimum absolute atomic E-state index is 0.298. The zero-order valence-electron chi connectivity index (χ0n) is 11.6. The smallest absolute Gasteiger partial charge is 0.274 e. The van der Waals surface area contributed by atoms with Crippen molar-refractivity contribution in [3.05, 3.63) is 65.2 Å². The first-order chi connectivity index (χ1) is 9.69. The number of amides is 1. The first kappa shape index (κ1) is 14.1. The van der Waals surface area contributed by atoms with E-state index in [1.165, 1.54) is 12.7 Å². The van der Waals surface area contributed by atoms with Crippen LogP contribution in [0, 0.1) is 6.92 Å². The molecule has 0 unspecified atom stereocenters. The molecular formula is C16H17NO3. The topological polar surface area (TPSA) is 47.6 Å². The molecule has 0 fully saturated rings. The second-order valence-corrected chi connectivity index (χ2v) is 4.44. The Bertz CT molecular complexity index is 596. The number of rotatable bonds is 5. The number of hydroxylamine groups is 1. The van der Waals surface area contributed by atoms with E-state index < -0.39 is 0 Å². The lowest BCUT2D eigenvalue weighted by Gasteiger charge is -2.08. The number of nitrogens with one attached hydrogen (secondary N) is 1. The summed E-state index contributed by atoms with van der Waals surface area (Å²) in [4.78, 5) is 16.2. The van der Waals surface area contributed by atoms with Gasteiger partial charge in [0.25, 0.3) is 5.91 Å². The summed E-state index contributed by atoms with van der Waals surface area (Å²) >= 11 is 0. The average molecular weight is 271 g/mol. The molecule has 0 spiro atoms. The molecule has 0 aromatic heterocycles. The van der Waals surface area contributed by atoms with Gasteiger partial charge in [0.2, 0.25) is 0 Å². The minimum atomic E-state index is -0.298. The van der Waals surface area contributed by atoms with E-state index in [4.69, 9.17) is 4.74 Å². The van der Waals surface area contributed by atoms with Crippen molar-refractivity contribution in [3.63, 3.8) is 0 Å². The van der Waals surface area contributed by atoms with E-state index in [0.717, 1.165) is 5.56 Å². The first-order valence-corrected chi connectivity index (χ1v) is 6.31. The maximum atomic E-state index is 11.6. The van der Waals surface area contributed by atoms with E-state index >= 15 is 0 Å². The Kier molecular flexibility index (Phi) is 4.74. The largest absolute Gasteiger partial charge is 0.489 e. The van der Waals surface area contributed by atoms with Gasteiger partial charge in [0.1, 0.15) is 12.4 Å². The summed E-state index contributed by atoms with van der Waals surface area (Å²) in [5.74, 6) is 0.351. The van der Waals surface area contributed by atoms with Crippen LogP contribution in [0.5, 0.6) is 5.75 Å². The lowest BCUT2D eigenvalue weighted by Crippen LogP contribution is -2.21. The van der Waals surface area contributed by atoms with Crippen LogP contribution in [0.1, 0.15) is 21.5 Å². The summed E-state index contributed by atoms with van der Waals surface area (Å²) in [6, 6.07) is 15.1. The highest BCUT2D eigenvalue weighted by molar-refractivity contribution is 5.93. The van der Waals surface area contributed by atoms with E-state index in [1.54, 1.807) is 18.2 Å². The standard InChI is InChI=1S/C16H17NO3/c1-12-5-3-6-13(9-12)11-20-15-8-4-7-14(10-15)16(18)17-19-2/h3-10H,11H2,1-2H3,(H,17,18). The molecule has 0 aliphatic carbocycles. The monoisotopic (exact) mass is 271 g/mol. The van der Waals surface area contributed by atoms with Gasteiger partial charge in [-0.3, -0.25) is 9.63 Å². The van der Waals surface area contributed by atoms with Gasteiger partial charge in [-0.05, 0) is 30.7 Å². The fourth-order valence-electron chi connectivity index (χ4n) is 1.85. The van der Waals surface area contributed by atoms with Gasteiger partial charge in [0.15, 0.2) is 0 Å². The molecular weight excluding hydrogens is 254 g/mol. The van der Waals surface area contributed by atoms with Crippen LogP contribution in [0.2, 0.25) is 0 Å². The van der Waals surface area contributed by atoms with Crippen molar-refractivity contribution in [1.29, 1.82) is 0 Å². The van der Waals surface area contributed by atoms with Gasteiger partial charge in [-0.15, -0.1) is 0 Å². The second kappa shape index (κ2) is 6.73. The van der Waals surface area contributed by atoms with Crippen molar-refractivity contribution in [2.24, 2.45) is 0 Å². The molecule has 0 radical (unpaired) electrons. The van der Waals surface area contributed by atoms with Gasteiger partial charge in [-0.25, -0.2) is 5.48 Å². The Morgan fingerprint density at radius 1 is 1.15 bits per heavy atom. The zero-order chi connectivity index (χ0) is 14.4. The normalized spacial score (nSPS) is 10.1.